The maximum absolute atomic E-state index is 12.6. The third-order valence-electron chi connectivity index (χ3n) is 5.13. The zero-order chi connectivity index (χ0) is 18.8. The van der Waals surface area contributed by atoms with Crippen molar-refractivity contribution in [2.75, 3.05) is 38.1 Å². The Hall–Kier alpha value is -2.86. The van der Waals surface area contributed by atoms with Crippen LogP contribution in [0.2, 0.25) is 0 Å². The van der Waals surface area contributed by atoms with Crippen molar-refractivity contribution in [2.24, 2.45) is 0 Å². The number of amides is 1. The van der Waals surface area contributed by atoms with Gasteiger partial charge in [-0.05, 0) is 37.7 Å². The van der Waals surface area contributed by atoms with Crippen LogP contribution in [0.1, 0.15) is 21.6 Å². The van der Waals surface area contributed by atoms with Gasteiger partial charge in [0.1, 0.15) is 11.5 Å². The molecule has 3 aromatic rings. The molecule has 1 aromatic carbocycles. The van der Waals surface area contributed by atoms with E-state index < -0.39 is 0 Å². The van der Waals surface area contributed by atoms with E-state index in [-0.39, 0.29) is 5.91 Å². The van der Waals surface area contributed by atoms with Crippen molar-refractivity contribution in [1.29, 1.82) is 0 Å². The predicted octanol–water partition coefficient (Wildman–Crippen LogP) is 2.55. The van der Waals surface area contributed by atoms with Crippen molar-refractivity contribution in [3.8, 4) is 0 Å². The molecule has 1 saturated heterocycles. The van der Waals surface area contributed by atoms with Crippen LogP contribution >= 0.6 is 0 Å². The van der Waals surface area contributed by atoms with Crippen LogP contribution in [0.4, 0.5) is 5.82 Å². The van der Waals surface area contributed by atoms with Crippen molar-refractivity contribution in [2.45, 2.75) is 13.5 Å². The molecule has 6 heteroatoms. The number of likely N-dealkylation sites (N-methyl/N-ethyl adjacent to an activating group) is 1. The summed E-state index contributed by atoms with van der Waals surface area (Å²) in [6.45, 7) is 6.46. The number of fused-ring (bicyclic) bond motifs is 1. The Labute approximate surface area is 159 Å². The first-order valence-corrected chi connectivity index (χ1v) is 9.35. The van der Waals surface area contributed by atoms with Gasteiger partial charge in [0.25, 0.3) is 5.91 Å². The summed E-state index contributed by atoms with van der Waals surface area (Å²) in [5.41, 5.74) is 3.78. The number of hydrogen-bond acceptors (Lipinski definition) is 4. The summed E-state index contributed by atoms with van der Waals surface area (Å²) >= 11 is 0. The highest BCUT2D eigenvalue weighted by atomic mass is 16.1. The number of hydrogen-bond donors (Lipinski definition) is 2. The summed E-state index contributed by atoms with van der Waals surface area (Å²) in [4.78, 5) is 25.0. The van der Waals surface area contributed by atoms with E-state index >= 15 is 0 Å². The summed E-state index contributed by atoms with van der Waals surface area (Å²) in [7, 11) is 2.14. The van der Waals surface area contributed by atoms with Crippen LogP contribution in [0.15, 0.2) is 42.6 Å². The molecule has 2 N–H and O–H groups in total. The molecule has 1 aliphatic rings. The van der Waals surface area contributed by atoms with Crippen molar-refractivity contribution in [1.82, 2.24) is 20.2 Å². The Kier molecular flexibility index (Phi) is 4.81. The minimum absolute atomic E-state index is 0.1000. The number of pyridine rings is 1. The molecule has 2 aromatic heterocycles. The largest absolute Gasteiger partial charge is 0.354 e. The number of aryl methyl sites for hydroxylation is 1. The van der Waals surface area contributed by atoms with Crippen LogP contribution in [0.5, 0.6) is 0 Å². The molecule has 27 heavy (non-hydrogen) atoms. The second kappa shape index (κ2) is 7.40. The van der Waals surface area contributed by atoms with Crippen molar-refractivity contribution >= 4 is 22.6 Å². The molecule has 0 radical (unpaired) electrons. The van der Waals surface area contributed by atoms with Crippen LogP contribution in [0.25, 0.3) is 10.9 Å². The molecule has 6 nitrogen and oxygen atoms in total. The number of carbonyl (C=O) groups excluding carboxylic acids is 1. The molecular formula is C21H25N5O. The lowest BCUT2D eigenvalue weighted by Crippen LogP contribution is -2.45. The maximum atomic E-state index is 12.6. The molecule has 0 spiro atoms. The third-order valence-corrected chi connectivity index (χ3v) is 5.13. The fraction of sp³-hybridized carbons (Fsp3) is 0.333. The van der Waals surface area contributed by atoms with Crippen LogP contribution in [-0.2, 0) is 6.54 Å². The number of nitrogens with one attached hydrogen (secondary N) is 2. The molecule has 0 saturated carbocycles. The average molecular weight is 363 g/mol. The van der Waals surface area contributed by atoms with Crippen molar-refractivity contribution in [3.05, 3.63) is 59.4 Å². The number of rotatable bonds is 4. The van der Waals surface area contributed by atoms with Gasteiger partial charge in [0.15, 0.2) is 0 Å². The van der Waals surface area contributed by atoms with E-state index in [1.165, 1.54) is 5.56 Å². The Balaban J connectivity index is 1.47. The Bertz CT molecular complexity index is 956. The van der Waals surface area contributed by atoms with E-state index in [9.17, 15) is 4.79 Å². The lowest BCUT2D eigenvalue weighted by molar-refractivity contribution is 0.0947. The number of H-pyrrole nitrogens is 1. The normalized spacial score (nSPS) is 15.3. The van der Waals surface area contributed by atoms with Crippen molar-refractivity contribution in [3.63, 3.8) is 0 Å². The number of benzene rings is 1. The fourth-order valence-electron chi connectivity index (χ4n) is 3.51. The zero-order valence-electron chi connectivity index (χ0n) is 15.8. The summed E-state index contributed by atoms with van der Waals surface area (Å²) in [5, 5.41) is 4.08. The SMILES string of the molecule is Cc1ccc2cc(C(=O)NCc3cccnc3N3CCN(C)CC3)[nH]c2c1. The van der Waals surface area contributed by atoms with Crippen molar-refractivity contribution < 1.29 is 4.79 Å². The quantitative estimate of drug-likeness (QED) is 0.748. The van der Waals surface area contributed by atoms with Gasteiger partial charge in [0, 0.05) is 55.4 Å². The van der Waals surface area contributed by atoms with Gasteiger partial charge in [-0.25, -0.2) is 4.98 Å². The molecule has 4 rings (SSSR count). The number of aromatic nitrogens is 2. The Morgan fingerprint density at radius 3 is 2.81 bits per heavy atom. The molecule has 1 fully saturated rings. The van der Waals surface area contributed by atoms with Crippen LogP contribution in [-0.4, -0.2) is 54.0 Å². The molecule has 1 amide bonds. The van der Waals surface area contributed by atoms with E-state index in [2.05, 4.69) is 44.3 Å². The van der Waals surface area contributed by atoms with E-state index in [4.69, 9.17) is 0 Å². The van der Waals surface area contributed by atoms with Gasteiger partial charge in [-0.3, -0.25) is 4.79 Å². The Morgan fingerprint density at radius 2 is 2.00 bits per heavy atom. The molecule has 140 valence electrons. The minimum Gasteiger partial charge on any atom is -0.354 e. The number of carbonyl (C=O) groups is 1. The second-order valence-corrected chi connectivity index (χ2v) is 7.23. The summed E-state index contributed by atoms with van der Waals surface area (Å²) in [6.07, 6.45) is 1.82. The van der Waals surface area contributed by atoms with Gasteiger partial charge >= 0.3 is 0 Å². The third kappa shape index (κ3) is 3.80. The van der Waals surface area contributed by atoms with Gasteiger partial charge in [0.2, 0.25) is 0 Å². The molecule has 3 heterocycles. The van der Waals surface area contributed by atoms with Crippen LogP contribution < -0.4 is 10.2 Å². The molecule has 0 bridgehead atoms. The second-order valence-electron chi connectivity index (χ2n) is 7.23. The fourth-order valence-corrected chi connectivity index (χ4v) is 3.51. The summed E-state index contributed by atoms with van der Waals surface area (Å²) < 4.78 is 0. The first-order chi connectivity index (χ1) is 13.1. The monoisotopic (exact) mass is 363 g/mol. The minimum atomic E-state index is -0.1000. The molecule has 0 unspecified atom stereocenters. The van der Waals surface area contributed by atoms with Gasteiger partial charge < -0.3 is 20.1 Å². The van der Waals surface area contributed by atoms with Crippen LogP contribution in [0.3, 0.4) is 0 Å². The number of nitrogens with zero attached hydrogens (tertiary/aromatic N) is 3. The molecule has 1 aliphatic heterocycles. The topological polar surface area (TPSA) is 64.3 Å². The van der Waals surface area contributed by atoms with Crippen LogP contribution in [0, 0.1) is 6.92 Å². The first kappa shape index (κ1) is 17.5. The van der Waals surface area contributed by atoms with E-state index in [0.717, 1.165) is 48.5 Å². The number of piperazine rings is 1. The highest BCUT2D eigenvalue weighted by Crippen LogP contribution is 2.20. The smallest absolute Gasteiger partial charge is 0.267 e. The highest BCUT2D eigenvalue weighted by molar-refractivity contribution is 5.98. The van der Waals surface area contributed by atoms with Gasteiger partial charge in [-0.15, -0.1) is 0 Å². The van der Waals surface area contributed by atoms with Gasteiger partial charge in [-0.2, -0.15) is 0 Å². The van der Waals surface area contributed by atoms with E-state index in [1.807, 2.05) is 37.4 Å². The predicted molar refractivity (Wildman–Crippen MR) is 108 cm³/mol. The molecule has 0 aliphatic carbocycles. The number of anilines is 1. The Morgan fingerprint density at radius 1 is 1.19 bits per heavy atom. The van der Waals surface area contributed by atoms with E-state index in [1.54, 1.807) is 0 Å². The zero-order valence-corrected chi connectivity index (χ0v) is 15.8. The molecular weight excluding hydrogens is 338 g/mol. The number of aromatic amines is 1. The van der Waals surface area contributed by atoms with Gasteiger partial charge in [-0.1, -0.05) is 18.2 Å². The standard InChI is InChI=1S/C21H25N5O/c1-15-5-6-16-13-19(24-18(16)12-15)21(27)23-14-17-4-3-7-22-20(17)26-10-8-25(2)9-11-26/h3-7,12-13,24H,8-11,14H2,1-2H3,(H,23,27). The van der Waals surface area contributed by atoms with Gasteiger partial charge in [0.05, 0.1) is 0 Å². The molecule has 0 atom stereocenters. The average Bonchev–Trinajstić information content (AvgIpc) is 3.10. The summed E-state index contributed by atoms with van der Waals surface area (Å²) in [5.74, 6) is 0.871. The highest BCUT2D eigenvalue weighted by Gasteiger charge is 2.18. The lowest BCUT2D eigenvalue weighted by Gasteiger charge is -2.34. The van der Waals surface area contributed by atoms with E-state index in [0.29, 0.717) is 12.2 Å². The summed E-state index contributed by atoms with van der Waals surface area (Å²) in [6, 6.07) is 12.0. The maximum Gasteiger partial charge on any atom is 0.267 e. The lowest BCUT2D eigenvalue weighted by atomic mass is 10.2. The first-order valence-electron chi connectivity index (χ1n) is 9.35.